The second-order valence-electron chi connectivity index (χ2n) is 5.62. The van der Waals surface area contributed by atoms with Crippen molar-refractivity contribution in [3.63, 3.8) is 0 Å². The quantitative estimate of drug-likeness (QED) is 0.308. The molecule has 2 unspecified atom stereocenters. The lowest BCUT2D eigenvalue weighted by molar-refractivity contribution is -0.385. The SMILES string of the molecule is COC(=O)C(Cc1ccc([N+](=O)[O-])cc1)NC(O)c1ccc([N+](=O)[O-])cc1. The van der Waals surface area contributed by atoms with E-state index in [1.54, 1.807) is 0 Å². The number of non-ortho nitro benzene ring substituents is 2. The summed E-state index contributed by atoms with van der Waals surface area (Å²) in [4.78, 5) is 32.3. The molecule has 2 aromatic carbocycles. The van der Waals surface area contributed by atoms with Gasteiger partial charge in [0.25, 0.3) is 11.4 Å². The minimum atomic E-state index is -1.27. The average molecular weight is 375 g/mol. The largest absolute Gasteiger partial charge is 0.468 e. The number of methoxy groups -OCH3 is 1. The maximum Gasteiger partial charge on any atom is 0.323 e. The first-order valence-corrected chi connectivity index (χ1v) is 7.81. The van der Waals surface area contributed by atoms with Crippen molar-refractivity contribution in [3.8, 4) is 0 Å². The third-order valence-corrected chi connectivity index (χ3v) is 3.85. The van der Waals surface area contributed by atoms with Crippen molar-refractivity contribution in [3.05, 3.63) is 79.9 Å². The Hall–Kier alpha value is -3.37. The first-order chi connectivity index (χ1) is 12.8. The van der Waals surface area contributed by atoms with Gasteiger partial charge in [0.2, 0.25) is 0 Å². The molecule has 0 saturated carbocycles. The van der Waals surface area contributed by atoms with Crippen LogP contribution in [0.4, 0.5) is 11.4 Å². The van der Waals surface area contributed by atoms with Crippen molar-refractivity contribution >= 4 is 17.3 Å². The number of nitro groups is 2. The summed E-state index contributed by atoms with van der Waals surface area (Å²) < 4.78 is 4.72. The van der Waals surface area contributed by atoms with Gasteiger partial charge in [0.1, 0.15) is 12.3 Å². The zero-order chi connectivity index (χ0) is 20.0. The molecular formula is C17H17N3O7. The normalized spacial score (nSPS) is 12.8. The third kappa shape index (κ3) is 5.30. The third-order valence-electron chi connectivity index (χ3n) is 3.85. The Balaban J connectivity index is 2.12. The molecule has 10 nitrogen and oxygen atoms in total. The molecule has 10 heteroatoms. The van der Waals surface area contributed by atoms with E-state index < -0.39 is 28.1 Å². The van der Waals surface area contributed by atoms with Crippen molar-refractivity contribution in [2.75, 3.05) is 7.11 Å². The van der Waals surface area contributed by atoms with Crippen LogP contribution in [0.2, 0.25) is 0 Å². The van der Waals surface area contributed by atoms with Gasteiger partial charge in [-0.15, -0.1) is 0 Å². The Bertz CT molecular complexity index is 821. The molecular weight excluding hydrogens is 358 g/mol. The molecule has 0 spiro atoms. The molecule has 0 aliphatic heterocycles. The highest BCUT2D eigenvalue weighted by Gasteiger charge is 2.23. The summed E-state index contributed by atoms with van der Waals surface area (Å²) >= 11 is 0. The van der Waals surface area contributed by atoms with Crippen molar-refractivity contribution in [2.45, 2.75) is 18.7 Å². The maximum atomic E-state index is 12.0. The number of nitrogens with zero attached hydrogens (tertiary/aromatic N) is 2. The number of rotatable bonds is 8. The van der Waals surface area contributed by atoms with Gasteiger partial charge >= 0.3 is 5.97 Å². The summed E-state index contributed by atoms with van der Waals surface area (Å²) in [6.07, 6.45) is -1.15. The monoisotopic (exact) mass is 375 g/mol. The van der Waals surface area contributed by atoms with Crippen LogP contribution in [0.5, 0.6) is 0 Å². The summed E-state index contributed by atoms with van der Waals surface area (Å²) in [6, 6.07) is 9.94. The van der Waals surface area contributed by atoms with Crippen LogP contribution in [0.15, 0.2) is 48.5 Å². The van der Waals surface area contributed by atoms with Crippen LogP contribution in [0.25, 0.3) is 0 Å². The molecule has 0 fully saturated rings. The van der Waals surface area contributed by atoms with E-state index in [9.17, 15) is 30.1 Å². The fourth-order valence-electron chi connectivity index (χ4n) is 2.41. The Morgan fingerprint density at radius 1 is 1.04 bits per heavy atom. The molecule has 0 bridgehead atoms. The topological polar surface area (TPSA) is 145 Å². The summed E-state index contributed by atoms with van der Waals surface area (Å²) in [6.45, 7) is 0. The van der Waals surface area contributed by atoms with Crippen molar-refractivity contribution in [1.82, 2.24) is 5.32 Å². The van der Waals surface area contributed by atoms with Gasteiger partial charge in [-0.25, -0.2) is 0 Å². The summed E-state index contributed by atoms with van der Waals surface area (Å²) in [5.41, 5.74) is 0.756. The molecule has 142 valence electrons. The van der Waals surface area contributed by atoms with Crippen LogP contribution < -0.4 is 5.32 Å². The molecule has 2 rings (SSSR count). The molecule has 2 atom stereocenters. The fraction of sp³-hybridized carbons (Fsp3) is 0.235. The first kappa shape index (κ1) is 19.9. The molecule has 0 amide bonds. The Labute approximate surface area is 153 Å². The van der Waals surface area contributed by atoms with E-state index in [0.29, 0.717) is 11.1 Å². The van der Waals surface area contributed by atoms with Crippen LogP contribution in [-0.2, 0) is 16.0 Å². The van der Waals surface area contributed by atoms with Crippen molar-refractivity contribution in [2.24, 2.45) is 0 Å². The first-order valence-electron chi connectivity index (χ1n) is 7.81. The number of aliphatic hydroxyl groups excluding tert-OH is 1. The predicted octanol–water partition coefficient (Wildman–Crippen LogP) is 1.87. The number of esters is 1. The van der Waals surface area contributed by atoms with Gasteiger partial charge in [-0.3, -0.25) is 30.3 Å². The molecule has 0 heterocycles. The highest BCUT2D eigenvalue weighted by Crippen LogP contribution is 2.18. The highest BCUT2D eigenvalue weighted by molar-refractivity contribution is 5.76. The van der Waals surface area contributed by atoms with Gasteiger partial charge in [-0.1, -0.05) is 12.1 Å². The zero-order valence-corrected chi connectivity index (χ0v) is 14.3. The van der Waals surface area contributed by atoms with E-state index in [1.807, 2.05) is 0 Å². The number of hydrogen-bond donors (Lipinski definition) is 2. The molecule has 0 saturated heterocycles. The zero-order valence-electron chi connectivity index (χ0n) is 14.3. The second-order valence-corrected chi connectivity index (χ2v) is 5.62. The number of carbonyl (C=O) groups excluding carboxylic acids is 1. The molecule has 27 heavy (non-hydrogen) atoms. The molecule has 0 aromatic heterocycles. The van der Waals surface area contributed by atoms with Crippen LogP contribution >= 0.6 is 0 Å². The summed E-state index contributed by atoms with van der Waals surface area (Å²) in [5.74, 6) is -0.630. The number of hydrogen-bond acceptors (Lipinski definition) is 8. The summed E-state index contributed by atoms with van der Waals surface area (Å²) in [5, 5.41) is 34.4. The van der Waals surface area contributed by atoms with E-state index >= 15 is 0 Å². The van der Waals surface area contributed by atoms with Crippen LogP contribution in [0, 0.1) is 20.2 Å². The number of ether oxygens (including phenoxy) is 1. The standard InChI is InChI=1S/C17H17N3O7/c1-27-17(22)15(10-11-2-6-13(7-3-11)19(23)24)18-16(21)12-4-8-14(9-5-12)20(25)26/h2-9,15-16,18,21H,10H2,1H3. The molecule has 0 aliphatic rings. The number of nitro benzene ring substituents is 2. The molecule has 2 aromatic rings. The number of nitrogens with one attached hydrogen (secondary N) is 1. The molecule has 0 radical (unpaired) electrons. The Morgan fingerprint density at radius 2 is 1.52 bits per heavy atom. The van der Waals surface area contributed by atoms with E-state index in [4.69, 9.17) is 4.74 Å². The van der Waals surface area contributed by atoms with E-state index in [1.165, 1.54) is 55.6 Å². The lowest BCUT2D eigenvalue weighted by Gasteiger charge is -2.21. The predicted molar refractivity (Wildman–Crippen MR) is 93.8 cm³/mol. The highest BCUT2D eigenvalue weighted by atomic mass is 16.6. The Morgan fingerprint density at radius 3 is 1.96 bits per heavy atom. The second kappa shape index (κ2) is 8.83. The number of aliphatic hydroxyl groups is 1. The van der Waals surface area contributed by atoms with Gasteiger partial charge < -0.3 is 9.84 Å². The summed E-state index contributed by atoms with van der Waals surface area (Å²) in [7, 11) is 1.20. The molecule has 0 aliphatic carbocycles. The van der Waals surface area contributed by atoms with E-state index in [-0.39, 0.29) is 17.8 Å². The molecule has 2 N–H and O–H groups in total. The van der Waals surface area contributed by atoms with Gasteiger partial charge in [0, 0.05) is 24.3 Å². The average Bonchev–Trinajstić information content (AvgIpc) is 2.67. The van der Waals surface area contributed by atoms with Crippen molar-refractivity contribution < 1.29 is 24.5 Å². The van der Waals surface area contributed by atoms with E-state index in [2.05, 4.69) is 5.32 Å². The minimum Gasteiger partial charge on any atom is -0.468 e. The maximum absolute atomic E-state index is 12.0. The van der Waals surface area contributed by atoms with Gasteiger partial charge in [-0.05, 0) is 29.7 Å². The van der Waals surface area contributed by atoms with Crippen LogP contribution in [0.1, 0.15) is 17.4 Å². The van der Waals surface area contributed by atoms with Gasteiger partial charge in [0.05, 0.1) is 17.0 Å². The Kier molecular flexibility index (Phi) is 6.52. The lowest BCUT2D eigenvalue weighted by atomic mass is 10.0. The van der Waals surface area contributed by atoms with Crippen molar-refractivity contribution in [1.29, 1.82) is 0 Å². The number of carbonyl (C=O) groups is 1. The van der Waals surface area contributed by atoms with Gasteiger partial charge in [-0.2, -0.15) is 0 Å². The minimum absolute atomic E-state index is 0.0766. The fourth-order valence-corrected chi connectivity index (χ4v) is 2.41. The van der Waals surface area contributed by atoms with Crippen LogP contribution in [-0.4, -0.2) is 34.1 Å². The lowest BCUT2D eigenvalue weighted by Crippen LogP contribution is -2.41. The van der Waals surface area contributed by atoms with Gasteiger partial charge in [0.15, 0.2) is 0 Å². The number of benzene rings is 2. The smallest absolute Gasteiger partial charge is 0.323 e. The van der Waals surface area contributed by atoms with Crippen LogP contribution in [0.3, 0.4) is 0 Å². The van der Waals surface area contributed by atoms with E-state index in [0.717, 1.165) is 0 Å².